The van der Waals surface area contributed by atoms with Crippen LogP contribution in [0.3, 0.4) is 0 Å². The van der Waals surface area contributed by atoms with Crippen LogP contribution in [0.25, 0.3) is 0 Å². The summed E-state index contributed by atoms with van der Waals surface area (Å²) < 4.78 is 15.2. The third-order valence-electron chi connectivity index (χ3n) is 2.66. The summed E-state index contributed by atoms with van der Waals surface area (Å²) in [5.74, 6) is -1.87. The van der Waals surface area contributed by atoms with Crippen molar-refractivity contribution in [2.24, 2.45) is 5.92 Å². The lowest BCUT2D eigenvalue weighted by atomic mass is 10.00. The molecule has 0 spiro atoms. The van der Waals surface area contributed by atoms with E-state index in [0.29, 0.717) is 13.0 Å². The van der Waals surface area contributed by atoms with Crippen molar-refractivity contribution in [3.63, 3.8) is 0 Å². The predicted molar refractivity (Wildman–Crippen MR) is 60.3 cm³/mol. The highest BCUT2D eigenvalue weighted by atomic mass is 16.6. The van der Waals surface area contributed by atoms with Crippen LogP contribution in [-0.2, 0) is 23.8 Å². The Morgan fingerprint density at radius 3 is 2.24 bits per heavy atom. The van der Waals surface area contributed by atoms with E-state index in [1.165, 1.54) is 0 Å². The fourth-order valence-electron chi connectivity index (χ4n) is 1.87. The van der Waals surface area contributed by atoms with Crippen molar-refractivity contribution in [1.29, 1.82) is 0 Å². The fraction of sp³-hybridized carbons (Fsp3) is 0.833. The van der Waals surface area contributed by atoms with Crippen LogP contribution in [0, 0.1) is 5.92 Å². The van der Waals surface area contributed by atoms with Gasteiger partial charge in [-0.05, 0) is 33.1 Å². The van der Waals surface area contributed by atoms with E-state index in [0.717, 1.165) is 12.8 Å². The van der Waals surface area contributed by atoms with E-state index in [2.05, 4.69) is 0 Å². The van der Waals surface area contributed by atoms with Gasteiger partial charge in [0.1, 0.15) is 0 Å². The summed E-state index contributed by atoms with van der Waals surface area (Å²) in [4.78, 5) is 23.3. The van der Waals surface area contributed by atoms with Gasteiger partial charge in [-0.2, -0.15) is 0 Å². The second kappa shape index (κ2) is 7.27. The molecule has 1 rings (SSSR count). The van der Waals surface area contributed by atoms with E-state index in [1.54, 1.807) is 13.8 Å². The van der Waals surface area contributed by atoms with Gasteiger partial charge in [0.05, 0.1) is 19.3 Å². The molecule has 1 aliphatic heterocycles. The number of hydrogen-bond acceptors (Lipinski definition) is 5. The maximum absolute atomic E-state index is 11.7. The van der Waals surface area contributed by atoms with Crippen molar-refractivity contribution < 1.29 is 23.8 Å². The van der Waals surface area contributed by atoms with Gasteiger partial charge in [0.15, 0.2) is 5.92 Å². The zero-order valence-corrected chi connectivity index (χ0v) is 10.4. The SMILES string of the molecule is CCOC(=O)C(CC1CCCO1)C(=O)OCC. The minimum Gasteiger partial charge on any atom is -0.465 e. The second-order valence-corrected chi connectivity index (χ2v) is 3.93. The third-order valence-corrected chi connectivity index (χ3v) is 2.66. The average molecular weight is 244 g/mol. The predicted octanol–water partition coefficient (Wildman–Crippen LogP) is 1.30. The molecule has 0 aromatic carbocycles. The highest BCUT2D eigenvalue weighted by Gasteiger charge is 2.33. The van der Waals surface area contributed by atoms with Crippen molar-refractivity contribution in [3.05, 3.63) is 0 Å². The molecular formula is C12H20O5. The van der Waals surface area contributed by atoms with Crippen molar-refractivity contribution in [3.8, 4) is 0 Å². The molecule has 1 atom stereocenters. The number of hydrogen-bond donors (Lipinski definition) is 0. The van der Waals surface area contributed by atoms with Crippen LogP contribution < -0.4 is 0 Å². The lowest BCUT2D eigenvalue weighted by Crippen LogP contribution is -2.31. The Morgan fingerprint density at radius 2 is 1.82 bits per heavy atom. The Morgan fingerprint density at radius 1 is 1.24 bits per heavy atom. The molecule has 5 nitrogen and oxygen atoms in total. The highest BCUT2D eigenvalue weighted by Crippen LogP contribution is 2.21. The van der Waals surface area contributed by atoms with Crippen LogP contribution in [0.2, 0.25) is 0 Å². The molecule has 0 aromatic rings. The summed E-state index contributed by atoms with van der Waals surface area (Å²) in [6.07, 6.45) is 2.18. The summed E-state index contributed by atoms with van der Waals surface area (Å²) >= 11 is 0. The van der Waals surface area contributed by atoms with Crippen molar-refractivity contribution in [2.45, 2.75) is 39.2 Å². The van der Waals surface area contributed by atoms with Gasteiger partial charge in [-0.3, -0.25) is 9.59 Å². The monoisotopic (exact) mass is 244 g/mol. The van der Waals surface area contributed by atoms with Crippen molar-refractivity contribution in [1.82, 2.24) is 0 Å². The first-order chi connectivity index (χ1) is 8.19. The molecular weight excluding hydrogens is 224 g/mol. The Kier molecular flexibility index (Phi) is 5.97. The van der Waals surface area contributed by atoms with Crippen LogP contribution in [0.15, 0.2) is 0 Å². The zero-order chi connectivity index (χ0) is 12.7. The van der Waals surface area contributed by atoms with E-state index >= 15 is 0 Å². The molecule has 1 saturated heterocycles. The molecule has 1 unspecified atom stereocenters. The summed E-state index contributed by atoms with van der Waals surface area (Å²) in [6.45, 7) is 4.65. The van der Waals surface area contributed by atoms with Gasteiger partial charge in [-0.15, -0.1) is 0 Å². The van der Waals surface area contributed by atoms with Crippen LogP contribution in [0.4, 0.5) is 0 Å². The van der Waals surface area contributed by atoms with Crippen LogP contribution in [-0.4, -0.2) is 37.9 Å². The maximum atomic E-state index is 11.7. The molecule has 98 valence electrons. The lowest BCUT2D eigenvalue weighted by Gasteiger charge is -2.17. The molecule has 0 N–H and O–H groups in total. The standard InChI is InChI=1S/C12H20O5/c1-3-15-11(13)10(12(14)16-4-2)8-9-6-5-7-17-9/h9-10H,3-8H2,1-2H3. The number of carbonyl (C=O) groups is 2. The van der Waals surface area contributed by atoms with Gasteiger partial charge in [0, 0.05) is 6.61 Å². The largest absolute Gasteiger partial charge is 0.465 e. The summed E-state index contributed by atoms with van der Waals surface area (Å²) in [6, 6.07) is 0. The van der Waals surface area contributed by atoms with Crippen LogP contribution in [0.1, 0.15) is 33.1 Å². The minimum atomic E-state index is -0.849. The molecule has 1 fully saturated rings. The summed E-state index contributed by atoms with van der Waals surface area (Å²) in [7, 11) is 0. The first kappa shape index (κ1) is 14.0. The summed E-state index contributed by atoms with van der Waals surface area (Å²) in [5, 5.41) is 0. The molecule has 0 amide bonds. The van der Waals surface area contributed by atoms with E-state index in [4.69, 9.17) is 14.2 Å². The van der Waals surface area contributed by atoms with Crippen LogP contribution >= 0.6 is 0 Å². The van der Waals surface area contributed by atoms with Crippen molar-refractivity contribution >= 4 is 11.9 Å². The molecule has 0 aliphatic carbocycles. The normalized spacial score (nSPS) is 19.4. The fourth-order valence-corrected chi connectivity index (χ4v) is 1.87. The molecule has 1 heterocycles. The van der Waals surface area contributed by atoms with Gasteiger partial charge in [0.2, 0.25) is 0 Å². The lowest BCUT2D eigenvalue weighted by molar-refractivity contribution is -0.163. The zero-order valence-electron chi connectivity index (χ0n) is 10.4. The van der Waals surface area contributed by atoms with Gasteiger partial charge < -0.3 is 14.2 Å². The minimum absolute atomic E-state index is 0.0335. The molecule has 0 bridgehead atoms. The molecule has 0 aromatic heterocycles. The molecule has 0 saturated carbocycles. The molecule has 1 aliphatic rings. The summed E-state index contributed by atoms with van der Waals surface area (Å²) in [5.41, 5.74) is 0. The number of esters is 2. The Labute approximate surface area is 101 Å². The van der Waals surface area contributed by atoms with Crippen molar-refractivity contribution in [2.75, 3.05) is 19.8 Å². The van der Waals surface area contributed by atoms with E-state index < -0.39 is 17.9 Å². The van der Waals surface area contributed by atoms with E-state index in [1.807, 2.05) is 0 Å². The Hall–Kier alpha value is -1.10. The van der Waals surface area contributed by atoms with Gasteiger partial charge >= 0.3 is 11.9 Å². The first-order valence-electron chi connectivity index (χ1n) is 6.13. The second-order valence-electron chi connectivity index (χ2n) is 3.93. The smallest absolute Gasteiger partial charge is 0.320 e. The quantitative estimate of drug-likeness (QED) is 0.520. The van der Waals surface area contributed by atoms with Gasteiger partial charge in [-0.25, -0.2) is 0 Å². The highest BCUT2D eigenvalue weighted by molar-refractivity contribution is 5.94. The van der Waals surface area contributed by atoms with Gasteiger partial charge in [0.25, 0.3) is 0 Å². The topological polar surface area (TPSA) is 61.8 Å². The number of carbonyl (C=O) groups excluding carboxylic acids is 2. The van der Waals surface area contributed by atoms with E-state index in [9.17, 15) is 9.59 Å². The molecule has 0 radical (unpaired) electrons. The maximum Gasteiger partial charge on any atom is 0.320 e. The first-order valence-corrected chi connectivity index (χ1v) is 6.13. The molecule has 5 heteroatoms. The van der Waals surface area contributed by atoms with E-state index in [-0.39, 0.29) is 19.3 Å². The Balaban J connectivity index is 2.56. The Bertz CT molecular complexity index is 240. The van der Waals surface area contributed by atoms with Gasteiger partial charge in [-0.1, -0.05) is 0 Å². The molecule has 17 heavy (non-hydrogen) atoms. The number of ether oxygens (including phenoxy) is 3. The average Bonchev–Trinajstić information content (AvgIpc) is 2.79. The number of rotatable bonds is 6. The third kappa shape index (κ3) is 4.34. The van der Waals surface area contributed by atoms with Crippen LogP contribution in [0.5, 0.6) is 0 Å².